The van der Waals surface area contributed by atoms with Crippen molar-refractivity contribution in [2.45, 2.75) is 45.9 Å². The first-order valence-electron chi connectivity index (χ1n) is 10.4. The average molecular weight is 437 g/mol. The molecule has 0 aromatic heterocycles. The van der Waals surface area contributed by atoms with Crippen LogP contribution in [0.15, 0.2) is 36.4 Å². The number of halogens is 2. The van der Waals surface area contributed by atoms with Gasteiger partial charge in [-0.2, -0.15) is 0 Å². The SMILES string of the molecule is CCOc1cc(CNCC2CCCN2CC)cc(Cl)c1OCc1cccc(Cl)c1. The first-order chi connectivity index (χ1) is 14.1. The summed E-state index contributed by atoms with van der Waals surface area (Å²) in [6.07, 6.45) is 2.56. The zero-order valence-electron chi connectivity index (χ0n) is 17.2. The number of benzene rings is 2. The molecule has 0 saturated carbocycles. The van der Waals surface area contributed by atoms with E-state index in [0.717, 1.165) is 30.8 Å². The summed E-state index contributed by atoms with van der Waals surface area (Å²) >= 11 is 12.6. The Hall–Kier alpha value is -1.46. The van der Waals surface area contributed by atoms with E-state index in [1.54, 1.807) is 0 Å². The van der Waals surface area contributed by atoms with Crippen molar-refractivity contribution in [2.75, 3.05) is 26.2 Å². The predicted octanol–water partition coefficient (Wildman–Crippen LogP) is 5.55. The van der Waals surface area contributed by atoms with E-state index in [2.05, 4.69) is 17.1 Å². The Balaban J connectivity index is 1.64. The van der Waals surface area contributed by atoms with Crippen LogP contribution in [0.1, 0.15) is 37.8 Å². The Morgan fingerprint density at radius 3 is 2.72 bits per heavy atom. The molecule has 1 aliphatic rings. The Morgan fingerprint density at radius 2 is 1.97 bits per heavy atom. The Bertz CT molecular complexity index is 800. The fourth-order valence-corrected chi connectivity index (χ4v) is 4.34. The smallest absolute Gasteiger partial charge is 0.180 e. The van der Waals surface area contributed by atoms with Crippen LogP contribution in [0.3, 0.4) is 0 Å². The van der Waals surface area contributed by atoms with Crippen molar-refractivity contribution < 1.29 is 9.47 Å². The lowest BCUT2D eigenvalue weighted by atomic mass is 10.1. The summed E-state index contributed by atoms with van der Waals surface area (Å²) in [4.78, 5) is 2.54. The molecule has 3 rings (SSSR count). The molecule has 0 radical (unpaired) electrons. The standard InChI is InChI=1S/C23H30Cl2N2O2/c1-3-27-10-6-9-20(27)15-26-14-18-12-21(25)23(22(13-18)28-4-2)29-16-17-7-5-8-19(24)11-17/h5,7-8,11-13,20,26H,3-4,6,9-10,14-16H2,1-2H3. The molecule has 29 heavy (non-hydrogen) atoms. The second kappa shape index (κ2) is 11.1. The fraction of sp³-hybridized carbons (Fsp3) is 0.478. The van der Waals surface area contributed by atoms with Gasteiger partial charge in [0, 0.05) is 24.2 Å². The third kappa shape index (κ3) is 6.26. The summed E-state index contributed by atoms with van der Waals surface area (Å²) in [6.45, 7) is 9.19. The quantitative estimate of drug-likeness (QED) is 0.529. The molecule has 0 amide bonds. The van der Waals surface area contributed by atoms with Crippen LogP contribution in [0.25, 0.3) is 0 Å². The van der Waals surface area contributed by atoms with E-state index in [1.807, 2.05) is 43.3 Å². The number of rotatable bonds is 10. The minimum atomic E-state index is 0.381. The van der Waals surface area contributed by atoms with Crippen LogP contribution >= 0.6 is 23.2 Å². The van der Waals surface area contributed by atoms with Crippen LogP contribution in [0.2, 0.25) is 10.0 Å². The molecule has 1 unspecified atom stereocenters. The Kier molecular flexibility index (Phi) is 8.49. The van der Waals surface area contributed by atoms with Gasteiger partial charge in [0.15, 0.2) is 11.5 Å². The molecule has 0 spiro atoms. The summed E-state index contributed by atoms with van der Waals surface area (Å²) < 4.78 is 11.8. The van der Waals surface area contributed by atoms with Gasteiger partial charge in [-0.15, -0.1) is 0 Å². The fourth-order valence-electron chi connectivity index (χ4n) is 3.83. The van der Waals surface area contributed by atoms with Crippen LogP contribution in [0.4, 0.5) is 0 Å². The third-order valence-electron chi connectivity index (χ3n) is 5.26. The molecule has 1 aliphatic heterocycles. The van der Waals surface area contributed by atoms with Gasteiger partial charge in [0.25, 0.3) is 0 Å². The van der Waals surface area contributed by atoms with Crippen molar-refractivity contribution in [3.63, 3.8) is 0 Å². The van der Waals surface area contributed by atoms with Gasteiger partial charge in [0.1, 0.15) is 6.61 Å². The minimum Gasteiger partial charge on any atom is -0.490 e. The van der Waals surface area contributed by atoms with Crippen LogP contribution in [-0.4, -0.2) is 37.2 Å². The van der Waals surface area contributed by atoms with Crippen molar-refractivity contribution >= 4 is 23.2 Å². The maximum absolute atomic E-state index is 6.55. The lowest BCUT2D eigenvalue weighted by Gasteiger charge is -2.23. The second-order valence-electron chi connectivity index (χ2n) is 7.31. The molecule has 0 aliphatic carbocycles. The van der Waals surface area contributed by atoms with Gasteiger partial charge in [-0.05, 0) is 68.2 Å². The molecule has 2 aromatic rings. The Labute approximate surface area is 184 Å². The highest BCUT2D eigenvalue weighted by Gasteiger charge is 2.22. The van der Waals surface area contributed by atoms with Crippen molar-refractivity contribution in [1.82, 2.24) is 10.2 Å². The lowest BCUT2D eigenvalue weighted by Crippen LogP contribution is -2.37. The van der Waals surface area contributed by atoms with Crippen LogP contribution < -0.4 is 14.8 Å². The number of likely N-dealkylation sites (tertiary alicyclic amines) is 1. The number of ether oxygens (including phenoxy) is 2. The van der Waals surface area contributed by atoms with Gasteiger partial charge in [0.05, 0.1) is 11.6 Å². The number of hydrogen-bond donors (Lipinski definition) is 1. The third-order valence-corrected chi connectivity index (χ3v) is 5.77. The first-order valence-corrected chi connectivity index (χ1v) is 11.1. The second-order valence-corrected chi connectivity index (χ2v) is 8.16. The monoisotopic (exact) mass is 436 g/mol. The van der Waals surface area contributed by atoms with Gasteiger partial charge in [-0.3, -0.25) is 4.90 Å². The van der Waals surface area contributed by atoms with E-state index < -0.39 is 0 Å². The highest BCUT2D eigenvalue weighted by molar-refractivity contribution is 6.32. The summed E-state index contributed by atoms with van der Waals surface area (Å²) in [7, 11) is 0. The zero-order valence-corrected chi connectivity index (χ0v) is 18.7. The highest BCUT2D eigenvalue weighted by atomic mass is 35.5. The maximum Gasteiger partial charge on any atom is 0.180 e. The van der Waals surface area contributed by atoms with E-state index >= 15 is 0 Å². The normalized spacial score (nSPS) is 16.9. The van der Waals surface area contributed by atoms with Crippen LogP contribution in [-0.2, 0) is 13.2 Å². The van der Waals surface area contributed by atoms with Crippen molar-refractivity contribution in [3.8, 4) is 11.5 Å². The molecule has 1 saturated heterocycles. The van der Waals surface area contributed by atoms with Gasteiger partial charge in [0.2, 0.25) is 0 Å². The lowest BCUT2D eigenvalue weighted by molar-refractivity contribution is 0.259. The molecule has 1 fully saturated rings. The van der Waals surface area contributed by atoms with Gasteiger partial charge in [-0.25, -0.2) is 0 Å². The number of nitrogens with one attached hydrogen (secondary N) is 1. The summed E-state index contributed by atoms with van der Waals surface area (Å²) in [5.74, 6) is 1.25. The summed E-state index contributed by atoms with van der Waals surface area (Å²) in [5.41, 5.74) is 2.08. The minimum absolute atomic E-state index is 0.381. The first kappa shape index (κ1) is 22.2. The van der Waals surface area contributed by atoms with E-state index in [1.165, 1.54) is 19.4 Å². The van der Waals surface area contributed by atoms with Crippen molar-refractivity contribution in [1.29, 1.82) is 0 Å². The molecule has 1 N–H and O–H groups in total. The summed E-state index contributed by atoms with van der Waals surface area (Å²) in [6, 6.07) is 12.2. The number of hydrogen-bond acceptors (Lipinski definition) is 4. The van der Waals surface area contributed by atoms with Gasteiger partial charge < -0.3 is 14.8 Å². The Morgan fingerprint density at radius 1 is 1.10 bits per heavy atom. The number of nitrogens with zero attached hydrogens (tertiary/aromatic N) is 1. The maximum atomic E-state index is 6.55. The molecular weight excluding hydrogens is 407 g/mol. The molecule has 4 nitrogen and oxygen atoms in total. The largest absolute Gasteiger partial charge is 0.490 e. The molecule has 2 aromatic carbocycles. The van der Waals surface area contributed by atoms with Crippen LogP contribution in [0, 0.1) is 0 Å². The van der Waals surface area contributed by atoms with E-state index in [0.29, 0.717) is 40.8 Å². The topological polar surface area (TPSA) is 33.7 Å². The van der Waals surface area contributed by atoms with Gasteiger partial charge >= 0.3 is 0 Å². The van der Waals surface area contributed by atoms with Crippen molar-refractivity contribution in [3.05, 3.63) is 57.6 Å². The summed E-state index contributed by atoms with van der Waals surface area (Å²) in [5, 5.41) is 4.83. The molecule has 0 bridgehead atoms. The van der Waals surface area contributed by atoms with Crippen molar-refractivity contribution in [2.24, 2.45) is 0 Å². The predicted molar refractivity (Wildman–Crippen MR) is 120 cm³/mol. The number of likely N-dealkylation sites (N-methyl/N-ethyl adjacent to an activating group) is 1. The molecule has 1 heterocycles. The van der Waals surface area contributed by atoms with E-state index in [9.17, 15) is 0 Å². The van der Waals surface area contributed by atoms with Gasteiger partial charge in [-0.1, -0.05) is 42.3 Å². The molecule has 158 valence electrons. The molecule has 6 heteroatoms. The van der Waals surface area contributed by atoms with E-state index in [-0.39, 0.29) is 0 Å². The molecular formula is C23H30Cl2N2O2. The highest BCUT2D eigenvalue weighted by Crippen LogP contribution is 2.37. The average Bonchev–Trinajstić information content (AvgIpc) is 3.15. The molecule has 1 atom stereocenters. The van der Waals surface area contributed by atoms with Crippen LogP contribution in [0.5, 0.6) is 11.5 Å². The van der Waals surface area contributed by atoms with E-state index in [4.69, 9.17) is 32.7 Å². The zero-order chi connectivity index (χ0) is 20.6.